The average Bonchev–Trinajstić information content (AvgIpc) is 2.61. The van der Waals surface area contributed by atoms with Gasteiger partial charge in [0.15, 0.2) is 0 Å². The summed E-state index contributed by atoms with van der Waals surface area (Å²) in [5, 5.41) is 6.56. The molecule has 134 valence electrons. The monoisotopic (exact) mass is 370 g/mol. The van der Waals surface area contributed by atoms with Gasteiger partial charge in [-0.2, -0.15) is 0 Å². The predicted molar refractivity (Wildman–Crippen MR) is 102 cm³/mol. The number of fused-ring (bicyclic) bond motifs is 1. The molecule has 3 rings (SSSR count). The predicted octanol–water partition coefficient (Wildman–Crippen LogP) is 2.71. The Morgan fingerprint density at radius 2 is 2.21 bits per heavy atom. The number of rotatable bonds is 6. The first kappa shape index (κ1) is 19.6. The molecule has 2 aliphatic heterocycles. The van der Waals surface area contributed by atoms with Crippen LogP contribution in [0.5, 0.6) is 0 Å². The zero-order chi connectivity index (χ0) is 15.9. The highest BCUT2D eigenvalue weighted by molar-refractivity contribution is 7.99. The Morgan fingerprint density at radius 3 is 3.04 bits per heavy atom. The van der Waals surface area contributed by atoms with Crippen LogP contribution in [-0.4, -0.2) is 43.2 Å². The second-order valence-corrected chi connectivity index (χ2v) is 7.29. The summed E-state index contributed by atoms with van der Waals surface area (Å²) in [5.41, 5.74) is 2.72. The SMILES string of the molecule is Cl.O=C(CSCC1CCCCO1)NCC1NCCc2ccccc21. The molecule has 0 spiro atoms. The maximum atomic E-state index is 12.0. The van der Waals surface area contributed by atoms with Crippen molar-refractivity contribution in [1.29, 1.82) is 0 Å². The van der Waals surface area contributed by atoms with Crippen molar-refractivity contribution in [2.75, 3.05) is 31.2 Å². The van der Waals surface area contributed by atoms with E-state index >= 15 is 0 Å². The Morgan fingerprint density at radius 1 is 1.33 bits per heavy atom. The number of nitrogens with one attached hydrogen (secondary N) is 2. The van der Waals surface area contributed by atoms with Gasteiger partial charge in [0, 0.05) is 24.9 Å². The van der Waals surface area contributed by atoms with Gasteiger partial charge in [-0.15, -0.1) is 24.2 Å². The van der Waals surface area contributed by atoms with Crippen LogP contribution in [0.2, 0.25) is 0 Å². The molecule has 1 amide bonds. The number of benzene rings is 1. The smallest absolute Gasteiger partial charge is 0.230 e. The standard InChI is InChI=1S/C18H26N2O2S.ClH/c21-18(13-23-12-15-6-3-4-10-22-15)20-11-17-16-7-2-1-5-14(16)8-9-19-17;/h1-2,5,7,15,17,19H,3-4,6,8-13H2,(H,20,21);1H. The van der Waals surface area contributed by atoms with Gasteiger partial charge in [0.05, 0.1) is 11.9 Å². The van der Waals surface area contributed by atoms with Gasteiger partial charge in [0.1, 0.15) is 0 Å². The first-order valence-electron chi connectivity index (χ1n) is 8.60. The lowest BCUT2D eigenvalue weighted by Crippen LogP contribution is -2.39. The Bertz CT molecular complexity index is 523. The van der Waals surface area contributed by atoms with E-state index in [9.17, 15) is 4.79 Å². The van der Waals surface area contributed by atoms with Crippen molar-refractivity contribution in [3.63, 3.8) is 0 Å². The molecular weight excluding hydrogens is 344 g/mol. The average molecular weight is 371 g/mol. The van der Waals surface area contributed by atoms with Crippen LogP contribution in [0.15, 0.2) is 24.3 Å². The van der Waals surface area contributed by atoms with Crippen LogP contribution in [0.1, 0.15) is 36.4 Å². The molecule has 6 heteroatoms. The molecule has 0 radical (unpaired) electrons. The molecule has 0 saturated carbocycles. The number of thioether (sulfide) groups is 1. The van der Waals surface area contributed by atoms with Gasteiger partial charge in [0.2, 0.25) is 5.91 Å². The van der Waals surface area contributed by atoms with Crippen molar-refractivity contribution in [2.45, 2.75) is 37.8 Å². The van der Waals surface area contributed by atoms with Crippen LogP contribution in [0.3, 0.4) is 0 Å². The van der Waals surface area contributed by atoms with E-state index in [0.29, 0.717) is 18.4 Å². The highest BCUT2D eigenvalue weighted by atomic mass is 35.5. The molecule has 0 aliphatic carbocycles. The third-order valence-electron chi connectivity index (χ3n) is 4.53. The minimum atomic E-state index is 0. The van der Waals surface area contributed by atoms with Crippen molar-refractivity contribution in [1.82, 2.24) is 10.6 Å². The van der Waals surface area contributed by atoms with Crippen molar-refractivity contribution in [3.8, 4) is 0 Å². The first-order chi connectivity index (χ1) is 11.3. The van der Waals surface area contributed by atoms with Gasteiger partial charge >= 0.3 is 0 Å². The molecule has 1 aromatic rings. The minimum Gasteiger partial charge on any atom is -0.377 e. The first-order valence-corrected chi connectivity index (χ1v) is 9.75. The molecule has 2 unspecified atom stereocenters. The third kappa shape index (κ3) is 5.66. The fourth-order valence-corrected chi connectivity index (χ4v) is 4.19. The molecule has 1 fully saturated rings. The van der Waals surface area contributed by atoms with Gasteiger partial charge in [-0.3, -0.25) is 4.79 Å². The molecule has 0 aromatic heterocycles. The lowest BCUT2D eigenvalue weighted by molar-refractivity contribution is -0.118. The maximum Gasteiger partial charge on any atom is 0.230 e. The number of hydrogen-bond acceptors (Lipinski definition) is 4. The summed E-state index contributed by atoms with van der Waals surface area (Å²) in [4.78, 5) is 12.0. The van der Waals surface area contributed by atoms with Crippen LogP contribution in [0, 0.1) is 0 Å². The molecule has 2 heterocycles. The van der Waals surface area contributed by atoms with Crippen LogP contribution >= 0.6 is 24.2 Å². The molecule has 2 atom stereocenters. The molecule has 4 nitrogen and oxygen atoms in total. The van der Waals surface area contributed by atoms with Gasteiger partial charge in [-0.1, -0.05) is 24.3 Å². The molecule has 1 saturated heterocycles. The molecule has 1 aromatic carbocycles. The Balaban J connectivity index is 0.00000208. The van der Waals surface area contributed by atoms with Crippen LogP contribution < -0.4 is 10.6 Å². The zero-order valence-electron chi connectivity index (χ0n) is 14.0. The molecule has 24 heavy (non-hydrogen) atoms. The largest absolute Gasteiger partial charge is 0.377 e. The summed E-state index contributed by atoms with van der Waals surface area (Å²) >= 11 is 1.68. The highest BCUT2D eigenvalue weighted by Gasteiger charge is 2.19. The van der Waals surface area contributed by atoms with Crippen molar-refractivity contribution < 1.29 is 9.53 Å². The van der Waals surface area contributed by atoms with Gasteiger partial charge in [0.25, 0.3) is 0 Å². The second kappa shape index (κ2) is 10.3. The summed E-state index contributed by atoms with van der Waals surface area (Å²) in [5.74, 6) is 1.57. The van der Waals surface area contributed by atoms with E-state index in [4.69, 9.17) is 4.74 Å². The Kier molecular flexibility index (Phi) is 8.39. The number of halogens is 1. The van der Waals surface area contributed by atoms with E-state index < -0.39 is 0 Å². The summed E-state index contributed by atoms with van der Waals surface area (Å²) in [6.45, 7) is 2.52. The number of ether oxygens (including phenoxy) is 1. The van der Waals surface area contributed by atoms with Gasteiger partial charge in [-0.25, -0.2) is 0 Å². The number of amides is 1. The zero-order valence-corrected chi connectivity index (χ0v) is 15.6. The summed E-state index contributed by atoms with van der Waals surface area (Å²) in [6.07, 6.45) is 4.98. The normalized spacial score (nSPS) is 23.0. The second-order valence-electron chi connectivity index (χ2n) is 6.26. The van der Waals surface area contributed by atoms with Crippen LogP contribution in [-0.2, 0) is 16.0 Å². The van der Waals surface area contributed by atoms with E-state index in [1.165, 1.54) is 24.0 Å². The van der Waals surface area contributed by atoms with Crippen LogP contribution in [0.4, 0.5) is 0 Å². The van der Waals surface area contributed by atoms with Crippen molar-refractivity contribution in [3.05, 3.63) is 35.4 Å². The molecular formula is C18H27ClN2O2S. The summed E-state index contributed by atoms with van der Waals surface area (Å²) in [6, 6.07) is 8.73. The maximum absolute atomic E-state index is 12.0. The third-order valence-corrected chi connectivity index (χ3v) is 5.60. The van der Waals surface area contributed by atoms with E-state index in [2.05, 4.69) is 34.9 Å². The Hall–Kier alpha value is -0.750. The summed E-state index contributed by atoms with van der Waals surface area (Å²) < 4.78 is 5.69. The number of carbonyl (C=O) groups is 1. The highest BCUT2D eigenvalue weighted by Crippen LogP contribution is 2.22. The fraction of sp³-hybridized carbons (Fsp3) is 0.611. The Labute approximate surface area is 154 Å². The lowest BCUT2D eigenvalue weighted by Gasteiger charge is -2.27. The van der Waals surface area contributed by atoms with E-state index in [-0.39, 0.29) is 24.4 Å². The van der Waals surface area contributed by atoms with Gasteiger partial charge < -0.3 is 15.4 Å². The molecule has 2 aliphatic rings. The fourth-order valence-electron chi connectivity index (χ4n) is 3.26. The van der Waals surface area contributed by atoms with Gasteiger partial charge in [-0.05, 0) is 43.4 Å². The molecule has 2 N–H and O–H groups in total. The number of hydrogen-bond donors (Lipinski definition) is 2. The van der Waals surface area contributed by atoms with Crippen molar-refractivity contribution >= 4 is 30.1 Å². The van der Waals surface area contributed by atoms with Crippen LogP contribution in [0.25, 0.3) is 0 Å². The molecule has 0 bridgehead atoms. The summed E-state index contributed by atoms with van der Waals surface area (Å²) in [7, 11) is 0. The van der Waals surface area contributed by atoms with E-state index in [0.717, 1.165) is 31.7 Å². The minimum absolute atomic E-state index is 0. The van der Waals surface area contributed by atoms with E-state index in [1.54, 1.807) is 11.8 Å². The number of carbonyl (C=O) groups excluding carboxylic acids is 1. The lowest BCUT2D eigenvalue weighted by atomic mass is 9.94. The van der Waals surface area contributed by atoms with E-state index in [1.807, 2.05) is 0 Å². The van der Waals surface area contributed by atoms with Crippen molar-refractivity contribution in [2.24, 2.45) is 0 Å². The topological polar surface area (TPSA) is 50.4 Å². The quantitative estimate of drug-likeness (QED) is 0.808.